The molecule has 0 bridgehead atoms. The monoisotopic (exact) mass is 230 g/mol. The van der Waals surface area contributed by atoms with Crippen molar-refractivity contribution in [3.63, 3.8) is 0 Å². The number of thiazole rings is 1. The number of rotatable bonds is 1. The van der Waals surface area contributed by atoms with E-state index in [9.17, 15) is 5.11 Å². The van der Waals surface area contributed by atoms with Crippen molar-refractivity contribution in [2.45, 2.75) is 0 Å². The number of aromatic nitrogens is 4. The smallest absolute Gasteiger partial charge is 0.190 e. The van der Waals surface area contributed by atoms with Crippen LogP contribution in [-0.4, -0.2) is 25.0 Å². The van der Waals surface area contributed by atoms with Crippen molar-refractivity contribution in [3.05, 3.63) is 30.9 Å². The van der Waals surface area contributed by atoms with Gasteiger partial charge in [-0.3, -0.25) is 4.98 Å². The van der Waals surface area contributed by atoms with Gasteiger partial charge in [0.1, 0.15) is 10.8 Å². The molecule has 5 nitrogen and oxygen atoms in total. The summed E-state index contributed by atoms with van der Waals surface area (Å²) in [7, 11) is 0. The standard InChI is InChI=1S/C10H6N4OS/c15-7-3-6(4-11-5-7)9-14-8-10(16-9)13-2-1-12-8/h1-5,15H. The molecule has 1 N–H and O–H groups in total. The average Bonchev–Trinajstić information content (AvgIpc) is 2.72. The molecule has 0 spiro atoms. The van der Waals surface area contributed by atoms with Crippen LogP contribution in [0.15, 0.2) is 30.9 Å². The van der Waals surface area contributed by atoms with Gasteiger partial charge in [-0.2, -0.15) is 0 Å². The lowest BCUT2D eigenvalue weighted by molar-refractivity contribution is 0.473. The molecule has 16 heavy (non-hydrogen) atoms. The molecule has 0 aliphatic heterocycles. The third kappa shape index (κ3) is 1.49. The van der Waals surface area contributed by atoms with Gasteiger partial charge in [0.05, 0.1) is 6.20 Å². The van der Waals surface area contributed by atoms with Crippen LogP contribution >= 0.6 is 11.3 Å². The van der Waals surface area contributed by atoms with Crippen LogP contribution in [0.4, 0.5) is 0 Å². The molecule has 3 heterocycles. The van der Waals surface area contributed by atoms with E-state index in [2.05, 4.69) is 19.9 Å². The lowest BCUT2D eigenvalue weighted by Crippen LogP contribution is -1.79. The van der Waals surface area contributed by atoms with E-state index >= 15 is 0 Å². The fourth-order valence-electron chi connectivity index (χ4n) is 1.35. The zero-order chi connectivity index (χ0) is 11.0. The molecular weight excluding hydrogens is 224 g/mol. The van der Waals surface area contributed by atoms with E-state index in [1.54, 1.807) is 24.7 Å². The molecule has 3 aromatic rings. The predicted molar refractivity (Wildman–Crippen MR) is 60.1 cm³/mol. The Labute approximate surface area is 94.5 Å². The number of nitrogens with zero attached hydrogens (tertiary/aromatic N) is 4. The van der Waals surface area contributed by atoms with E-state index in [0.29, 0.717) is 5.65 Å². The van der Waals surface area contributed by atoms with Crippen LogP contribution in [0, 0.1) is 0 Å². The van der Waals surface area contributed by atoms with Gasteiger partial charge in [0, 0.05) is 24.2 Å². The molecule has 0 amide bonds. The number of hydrogen-bond acceptors (Lipinski definition) is 6. The molecule has 0 radical (unpaired) electrons. The summed E-state index contributed by atoms with van der Waals surface area (Å²) >= 11 is 1.42. The van der Waals surface area contributed by atoms with E-state index in [-0.39, 0.29) is 5.75 Å². The van der Waals surface area contributed by atoms with Crippen LogP contribution in [0.3, 0.4) is 0 Å². The van der Waals surface area contributed by atoms with E-state index in [0.717, 1.165) is 15.4 Å². The average molecular weight is 230 g/mol. The summed E-state index contributed by atoms with van der Waals surface area (Å²) in [4.78, 5) is 17.3. The Morgan fingerprint density at radius 2 is 2.00 bits per heavy atom. The molecule has 3 rings (SSSR count). The second-order valence-electron chi connectivity index (χ2n) is 3.14. The minimum Gasteiger partial charge on any atom is -0.506 e. The molecule has 6 heteroatoms. The molecule has 0 aliphatic rings. The first-order valence-corrected chi connectivity index (χ1v) is 5.36. The molecule has 0 unspecified atom stereocenters. The Morgan fingerprint density at radius 3 is 2.81 bits per heavy atom. The van der Waals surface area contributed by atoms with Crippen molar-refractivity contribution in [1.82, 2.24) is 19.9 Å². The summed E-state index contributed by atoms with van der Waals surface area (Å²) < 4.78 is 0. The number of pyridine rings is 1. The molecule has 0 fully saturated rings. The highest BCUT2D eigenvalue weighted by molar-refractivity contribution is 7.21. The summed E-state index contributed by atoms with van der Waals surface area (Å²) in [5, 5.41) is 10.1. The summed E-state index contributed by atoms with van der Waals surface area (Å²) in [5.41, 5.74) is 1.38. The van der Waals surface area contributed by atoms with Gasteiger partial charge in [0.2, 0.25) is 0 Å². The van der Waals surface area contributed by atoms with Crippen molar-refractivity contribution < 1.29 is 5.11 Å². The molecule has 0 aromatic carbocycles. The van der Waals surface area contributed by atoms with Gasteiger partial charge in [-0.1, -0.05) is 11.3 Å². The molecule has 78 valence electrons. The van der Waals surface area contributed by atoms with Crippen LogP contribution < -0.4 is 0 Å². The summed E-state index contributed by atoms with van der Waals surface area (Å²) in [6.45, 7) is 0. The zero-order valence-corrected chi connectivity index (χ0v) is 8.85. The van der Waals surface area contributed by atoms with Crippen LogP contribution in [0.2, 0.25) is 0 Å². The normalized spacial score (nSPS) is 10.8. The van der Waals surface area contributed by atoms with E-state index < -0.39 is 0 Å². The first kappa shape index (κ1) is 9.17. The molecule has 3 aromatic heterocycles. The zero-order valence-electron chi connectivity index (χ0n) is 8.03. The Morgan fingerprint density at radius 1 is 1.12 bits per heavy atom. The molecule has 0 atom stereocenters. The minimum absolute atomic E-state index is 0.123. The van der Waals surface area contributed by atoms with Gasteiger partial charge in [-0.05, 0) is 6.07 Å². The van der Waals surface area contributed by atoms with Gasteiger partial charge >= 0.3 is 0 Å². The van der Waals surface area contributed by atoms with Crippen molar-refractivity contribution in [3.8, 4) is 16.3 Å². The lowest BCUT2D eigenvalue weighted by Gasteiger charge is -1.94. The predicted octanol–water partition coefficient (Wildman–Crippen LogP) is 1.85. The third-order valence-electron chi connectivity index (χ3n) is 2.02. The van der Waals surface area contributed by atoms with Crippen molar-refractivity contribution in [2.24, 2.45) is 0 Å². The van der Waals surface area contributed by atoms with E-state index in [4.69, 9.17) is 0 Å². The van der Waals surface area contributed by atoms with Crippen molar-refractivity contribution >= 4 is 21.8 Å². The Hall–Kier alpha value is -2.08. The fraction of sp³-hybridized carbons (Fsp3) is 0. The van der Waals surface area contributed by atoms with E-state index in [1.165, 1.54) is 17.5 Å². The highest BCUT2D eigenvalue weighted by Gasteiger charge is 2.08. The van der Waals surface area contributed by atoms with Gasteiger partial charge in [0.25, 0.3) is 0 Å². The fourth-order valence-corrected chi connectivity index (χ4v) is 2.19. The first-order valence-electron chi connectivity index (χ1n) is 4.55. The Balaban J connectivity index is 2.19. The highest BCUT2D eigenvalue weighted by atomic mass is 32.1. The van der Waals surface area contributed by atoms with Gasteiger partial charge < -0.3 is 5.11 Å². The number of hydrogen-bond donors (Lipinski definition) is 1. The molecule has 0 saturated heterocycles. The van der Waals surface area contributed by atoms with Gasteiger partial charge in [0.15, 0.2) is 10.5 Å². The van der Waals surface area contributed by atoms with Crippen LogP contribution in [0.25, 0.3) is 21.0 Å². The molecule has 0 saturated carbocycles. The highest BCUT2D eigenvalue weighted by Crippen LogP contribution is 2.28. The first-order chi connectivity index (χ1) is 7.83. The topological polar surface area (TPSA) is 71.8 Å². The van der Waals surface area contributed by atoms with Crippen LogP contribution in [-0.2, 0) is 0 Å². The van der Waals surface area contributed by atoms with Crippen LogP contribution in [0.1, 0.15) is 0 Å². The Kier molecular flexibility index (Phi) is 2.00. The van der Waals surface area contributed by atoms with Crippen molar-refractivity contribution in [1.29, 1.82) is 0 Å². The quantitative estimate of drug-likeness (QED) is 0.690. The number of fused-ring (bicyclic) bond motifs is 1. The summed E-state index contributed by atoms with van der Waals surface area (Å²) in [6.07, 6.45) is 6.27. The minimum atomic E-state index is 0.123. The summed E-state index contributed by atoms with van der Waals surface area (Å²) in [6, 6.07) is 1.62. The second kappa shape index (κ2) is 3.49. The van der Waals surface area contributed by atoms with Crippen molar-refractivity contribution in [2.75, 3.05) is 0 Å². The van der Waals surface area contributed by atoms with Crippen LogP contribution in [0.5, 0.6) is 5.75 Å². The van der Waals surface area contributed by atoms with E-state index in [1.807, 2.05) is 0 Å². The number of aromatic hydroxyl groups is 1. The second-order valence-corrected chi connectivity index (χ2v) is 4.11. The maximum atomic E-state index is 9.33. The maximum absolute atomic E-state index is 9.33. The Bertz CT molecular complexity index is 619. The maximum Gasteiger partial charge on any atom is 0.190 e. The lowest BCUT2D eigenvalue weighted by atomic mass is 10.3. The van der Waals surface area contributed by atoms with Gasteiger partial charge in [-0.25, -0.2) is 15.0 Å². The molecular formula is C10H6N4OS. The summed E-state index contributed by atoms with van der Waals surface area (Å²) in [5.74, 6) is 0.123. The molecule has 0 aliphatic carbocycles. The largest absolute Gasteiger partial charge is 0.506 e. The SMILES string of the molecule is Oc1cncc(-c2nc3nccnc3s2)c1. The third-order valence-corrected chi connectivity index (χ3v) is 3.02. The van der Waals surface area contributed by atoms with Gasteiger partial charge in [-0.15, -0.1) is 0 Å².